The van der Waals surface area contributed by atoms with Gasteiger partial charge < -0.3 is 28.8 Å². The number of hydrogen-bond acceptors (Lipinski definition) is 6. The van der Waals surface area contributed by atoms with E-state index in [-0.39, 0.29) is 27.9 Å². The molecule has 13 heavy (non-hydrogen) atoms. The molecular formula is C6H13BO6. The third-order valence-corrected chi connectivity index (χ3v) is 2.10. The molecule has 0 aliphatic carbocycles. The van der Waals surface area contributed by atoms with Crippen molar-refractivity contribution in [3.05, 3.63) is 0 Å². The van der Waals surface area contributed by atoms with Crippen LogP contribution in [0.25, 0.3) is 0 Å². The number of aliphatic hydroxyl groups excluding tert-OH is 2. The van der Waals surface area contributed by atoms with Crippen molar-refractivity contribution in [3.63, 3.8) is 0 Å². The van der Waals surface area contributed by atoms with E-state index in [1.807, 2.05) is 0 Å². The second-order valence-electron chi connectivity index (χ2n) is 3.13. The van der Waals surface area contributed by atoms with E-state index in [0.717, 1.165) is 0 Å². The zero-order valence-electron chi connectivity index (χ0n) is 8.09. The molecule has 0 bridgehead atoms. The molecule has 0 radical (unpaired) electrons. The van der Waals surface area contributed by atoms with E-state index in [1.165, 1.54) is 0 Å². The van der Waals surface area contributed by atoms with Gasteiger partial charge in [-0.05, 0) is 0 Å². The summed E-state index contributed by atoms with van der Waals surface area (Å²) in [6, 6.07) is 0. The third-order valence-electron chi connectivity index (χ3n) is 2.10. The van der Waals surface area contributed by atoms with Crippen LogP contribution in [0.5, 0.6) is 0 Å². The molecule has 2 aliphatic heterocycles. The van der Waals surface area contributed by atoms with Crippen molar-refractivity contribution in [2.24, 2.45) is 0 Å². The maximum absolute atomic E-state index is 8.78. The fraction of sp³-hybridized carbons (Fsp3) is 1.00. The number of aliphatic hydroxyl groups is 2. The monoisotopic (exact) mass is 192 g/mol. The Morgan fingerprint density at radius 1 is 1.08 bits per heavy atom. The van der Waals surface area contributed by atoms with Gasteiger partial charge in [-0.25, -0.2) is 0 Å². The van der Waals surface area contributed by atoms with Crippen molar-refractivity contribution >= 4 is 6.96 Å². The molecule has 0 aromatic rings. The van der Waals surface area contributed by atoms with Crippen LogP contribution in [0.2, 0.25) is 0 Å². The topological polar surface area (TPSA) is 77.4 Å². The van der Waals surface area contributed by atoms with Crippen LogP contribution in [0.1, 0.15) is 1.43 Å². The Balaban J connectivity index is 0.000000980. The highest BCUT2D eigenvalue weighted by molar-refractivity contribution is 6.54. The zero-order chi connectivity index (χ0) is 9.31. The van der Waals surface area contributed by atoms with Crippen LogP contribution in [-0.4, -0.2) is 55.8 Å². The molecule has 0 aromatic heterocycles. The quantitative estimate of drug-likeness (QED) is 0.510. The standard InChI is InChI=1S/C6H12BO6/c8-1-5-3-10-7(12-5)11-4-6(2-9)13-7/h5-6,8-9H,1-4H2/q-1/p+1. The van der Waals surface area contributed by atoms with E-state index in [1.54, 1.807) is 0 Å². The molecule has 1 spiro atoms. The van der Waals surface area contributed by atoms with Gasteiger partial charge in [-0.3, -0.25) is 0 Å². The molecule has 76 valence electrons. The van der Waals surface area contributed by atoms with Gasteiger partial charge in [0.2, 0.25) is 0 Å². The first kappa shape index (κ1) is 9.38. The predicted octanol–water partition coefficient (Wildman–Crippen LogP) is -1.65. The van der Waals surface area contributed by atoms with Crippen molar-refractivity contribution in [3.8, 4) is 0 Å². The second kappa shape index (κ2) is 3.53. The van der Waals surface area contributed by atoms with E-state index < -0.39 is 19.2 Å². The summed E-state index contributed by atoms with van der Waals surface area (Å²) in [6.07, 6.45) is -0.783. The average Bonchev–Trinajstić information content (AvgIpc) is 2.74. The molecule has 0 saturated carbocycles. The maximum Gasteiger partial charge on any atom is 1.00 e. The molecule has 2 saturated heterocycles. The lowest BCUT2D eigenvalue weighted by Gasteiger charge is -2.28. The van der Waals surface area contributed by atoms with Gasteiger partial charge in [0.25, 0.3) is 0 Å². The summed E-state index contributed by atoms with van der Waals surface area (Å²) >= 11 is 0. The lowest BCUT2D eigenvalue weighted by Crippen LogP contribution is -2.41. The largest absolute Gasteiger partial charge is 1.00 e. The van der Waals surface area contributed by atoms with Gasteiger partial charge in [-0.2, -0.15) is 0 Å². The second-order valence-corrected chi connectivity index (χ2v) is 3.13. The zero-order valence-corrected chi connectivity index (χ0v) is 7.09. The van der Waals surface area contributed by atoms with E-state index >= 15 is 0 Å². The van der Waals surface area contributed by atoms with Gasteiger partial charge in [0.15, 0.2) is 0 Å². The van der Waals surface area contributed by atoms with Gasteiger partial charge >= 0.3 is 8.38 Å². The molecule has 2 heterocycles. The summed E-state index contributed by atoms with van der Waals surface area (Å²) in [5, 5.41) is 17.6. The van der Waals surface area contributed by atoms with Gasteiger partial charge in [-0.1, -0.05) is 0 Å². The Kier molecular flexibility index (Phi) is 2.54. The Morgan fingerprint density at radius 2 is 1.54 bits per heavy atom. The Labute approximate surface area is 76.9 Å². The van der Waals surface area contributed by atoms with Crippen LogP contribution < -0.4 is 0 Å². The van der Waals surface area contributed by atoms with Crippen LogP contribution in [0.4, 0.5) is 0 Å². The summed E-state index contributed by atoms with van der Waals surface area (Å²) < 4.78 is 20.8. The average molecular weight is 192 g/mol. The Hall–Kier alpha value is -0.175. The van der Waals surface area contributed by atoms with E-state index in [9.17, 15) is 0 Å². The third kappa shape index (κ3) is 1.71. The molecular weight excluding hydrogens is 179 g/mol. The molecule has 6 nitrogen and oxygen atoms in total. The summed E-state index contributed by atoms with van der Waals surface area (Å²) in [5.74, 6) is 0. The maximum atomic E-state index is 8.78. The highest BCUT2D eigenvalue weighted by atomic mass is 16.9. The normalized spacial score (nSPS) is 44.8. The summed E-state index contributed by atoms with van der Waals surface area (Å²) in [6.45, 7) is -1.88. The van der Waals surface area contributed by atoms with E-state index in [4.69, 9.17) is 28.8 Å². The smallest absolute Gasteiger partial charge is 0.517 e. The molecule has 2 atom stereocenters. The number of rotatable bonds is 2. The van der Waals surface area contributed by atoms with Crippen molar-refractivity contribution < 1.29 is 30.3 Å². The van der Waals surface area contributed by atoms with Crippen LogP contribution in [-0.2, 0) is 18.6 Å². The first-order chi connectivity index (χ1) is 6.28. The van der Waals surface area contributed by atoms with Gasteiger partial charge in [0.1, 0.15) is 0 Å². The van der Waals surface area contributed by atoms with Crippen molar-refractivity contribution in [1.82, 2.24) is 0 Å². The predicted molar refractivity (Wildman–Crippen MR) is 42.7 cm³/mol. The molecule has 7 heteroatoms. The van der Waals surface area contributed by atoms with Crippen molar-refractivity contribution in [2.45, 2.75) is 12.2 Å². The molecule has 2 rings (SSSR count). The van der Waals surface area contributed by atoms with E-state index in [0.29, 0.717) is 0 Å². The first-order valence-electron chi connectivity index (χ1n) is 4.26. The van der Waals surface area contributed by atoms with Crippen molar-refractivity contribution in [2.75, 3.05) is 26.4 Å². The summed E-state index contributed by atoms with van der Waals surface area (Å²) in [4.78, 5) is 0. The number of hydrogen-bond donors (Lipinski definition) is 2. The Morgan fingerprint density at radius 3 is 1.85 bits per heavy atom. The van der Waals surface area contributed by atoms with E-state index in [2.05, 4.69) is 0 Å². The molecule has 0 amide bonds. The lowest BCUT2D eigenvalue weighted by molar-refractivity contribution is 0.0499. The van der Waals surface area contributed by atoms with Crippen LogP contribution in [0, 0.1) is 0 Å². The molecule has 2 fully saturated rings. The lowest BCUT2D eigenvalue weighted by atomic mass is 10.1. The van der Waals surface area contributed by atoms with Crippen molar-refractivity contribution in [1.29, 1.82) is 0 Å². The fourth-order valence-corrected chi connectivity index (χ4v) is 1.43. The van der Waals surface area contributed by atoms with Crippen LogP contribution in [0.15, 0.2) is 0 Å². The molecule has 2 unspecified atom stereocenters. The minimum Gasteiger partial charge on any atom is -0.517 e. The SMILES string of the molecule is OCC1CO[B-]2(OCC(CO)O2)O1.[H+]. The minimum atomic E-state index is -2.15. The fourth-order valence-electron chi connectivity index (χ4n) is 1.43. The van der Waals surface area contributed by atoms with Crippen LogP contribution >= 0.6 is 0 Å². The minimum absolute atomic E-state index is 0. The Bertz CT molecular complexity index is 173. The van der Waals surface area contributed by atoms with Gasteiger partial charge in [0, 0.05) is 13.2 Å². The first-order valence-corrected chi connectivity index (χ1v) is 4.26. The highest BCUT2D eigenvalue weighted by Crippen LogP contribution is 2.27. The summed E-state index contributed by atoms with van der Waals surface area (Å²) in [5.41, 5.74) is 0. The molecule has 0 aromatic carbocycles. The molecule has 2 N–H and O–H groups in total. The van der Waals surface area contributed by atoms with Gasteiger partial charge in [-0.15, -0.1) is 0 Å². The highest BCUT2D eigenvalue weighted by Gasteiger charge is 2.46. The summed E-state index contributed by atoms with van der Waals surface area (Å²) in [7, 11) is 0. The molecule has 2 aliphatic rings. The van der Waals surface area contributed by atoms with Gasteiger partial charge in [0.05, 0.1) is 25.4 Å². The van der Waals surface area contributed by atoms with Crippen LogP contribution in [0.3, 0.4) is 0 Å².